The molecule has 1 amide bonds. The van der Waals surface area contributed by atoms with Crippen LogP contribution in [0.1, 0.15) is 43.9 Å². The first-order valence-electron chi connectivity index (χ1n) is 9.16. The molecule has 1 aliphatic heterocycles. The zero-order chi connectivity index (χ0) is 19.2. The molecule has 5 heteroatoms. The molecule has 0 fully saturated rings. The molecule has 27 heavy (non-hydrogen) atoms. The van der Waals surface area contributed by atoms with Crippen molar-refractivity contribution in [2.45, 2.75) is 39.0 Å². The third-order valence-corrected chi connectivity index (χ3v) is 6.35. The molecule has 0 bridgehead atoms. The van der Waals surface area contributed by atoms with E-state index < -0.39 is 0 Å². The Morgan fingerprint density at radius 1 is 1.11 bits per heavy atom. The molecule has 1 unspecified atom stereocenters. The number of carbonyl (C=O) groups excluding carboxylic acids is 2. The highest BCUT2D eigenvalue weighted by Gasteiger charge is 2.44. The lowest BCUT2D eigenvalue weighted by atomic mass is 9.70. The fraction of sp³-hybridized carbons (Fsp3) is 0.364. The number of rotatable bonds is 3. The molecule has 0 radical (unpaired) electrons. The zero-order valence-corrected chi connectivity index (χ0v) is 16.6. The van der Waals surface area contributed by atoms with E-state index in [1.165, 1.54) is 0 Å². The lowest BCUT2D eigenvalue weighted by Gasteiger charge is -2.42. The Kier molecular flexibility index (Phi) is 4.42. The van der Waals surface area contributed by atoms with E-state index in [4.69, 9.17) is 4.74 Å². The highest BCUT2D eigenvalue weighted by atomic mass is 32.1. The number of methoxy groups -OCH3 is 1. The number of hydrogen-bond acceptors (Lipinski definition) is 4. The van der Waals surface area contributed by atoms with Gasteiger partial charge in [-0.25, -0.2) is 0 Å². The number of hydrogen-bond donors (Lipinski definition) is 0. The van der Waals surface area contributed by atoms with Crippen LogP contribution in [0.5, 0.6) is 5.75 Å². The number of ether oxygens (including phenoxy) is 1. The fourth-order valence-corrected chi connectivity index (χ4v) is 5.02. The highest BCUT2D eigenvalue weighted by molar-refractivity contribution is 7.10. The molecule has 1 atom stereocenters. The summed E-state index contributed by atoms with van der Waals surface area (Å²) < 4.78 is 5.24. The molecule has 2 heterocycles. The molecular formula is C22H23NO3S. The second-order valence-corrected chi connectivity index (χ2v) is 8.98. The topological polar surface area (TPSA) is 46.6 Å². The molecule has 140 valence electrons. The third kappa shape index (κ3) is 3.21. The maximum Gasteiger partial charge on any atom is 0.232 e. The predicted molar refractivity (Wildman–Crippen MR) is 107 cm³/mol. The van der Waals surface area contributed by atoms with Crippen molar-refractivity contribution in [3.8, 4) is 5.75 Å². The van der Waals surface area contributed by atoms with Crippen LogP contribution in [0.3, 0.4) is 0 Å². The lowest BCUT2D eigenvalue weighted by molar-refractivity contribution is -0.120. The number of ketones is 1. The van der Waals surface area contributed by atoms with E-state index in [2.05, 4.69) is 13.8 Å². The van der Waals surface area contributed by atoms with Crippen LogP contribution in [0.4, 0.5) is 5.69 Å². The molecular weight excluding hydrogens is 358 g/mol. The van der Waals surface area contributed by atoms with Crippen LogP contribution < -0.4 is 9.64 Å². The third-order valence-electron chi connectivity index (χ3n) is 5.36. The maximum atomic E-state index is 13.2. The van der Waals surface area contributed by atoms with Crippen molar-refractivity contribution in [3.63, 3.8) is 0 Å². The monoisotopic (exact) mass is 381 g/mol. The minimum atomic E-state index is -0.155. The van der Waals surface area contributed by atoms with E-state index in [1.54, 1.807) is 23.3 Å². The van der Waals surface area contributed by atoms with Gasteiger partial charge >= 0.3 is 0 Å². The molecule has 0 spiro atoms. The standard InChI is InChI=1S/C22H23NO3S/c1-22(2)12-17-21(18(24)13-22)16(19-5-4-10-27-19)11-20(25)23(17)14-6-8-15(26-3)9-7-14/h4-10,16H,11-13H2,1-3H3. The Labute approximate surface area is 163 Å². The molecule has 1 aromatic carbocycles. The number of nitrogens with zero attached hydrogens (tertiary/aromatic N) is 1. The van der Waals surface area contributed by atoms with Gasteiger partial charge in [0.25, 0.3) is 0 Å². The molecule has 1 aromatic heterocycles. The van der Waals surface area contributed by atoms with Gasteiger partial charge in [-0.15, -0.1) is 11.3 Å². The second-order valence-electron chi connectivity index (χ2n) is 8.00. The predicted octanol–water partition coefficient (Wildman–Crippen LogP) is 4.92. The first-order valence-corrected chi connectivity index (χ1v) is 10.0. The summed E-state index contributed by atoms with van der Waals surface area (Å²) in [5.74, 6) is 0.841. The number of benzene rings is 1. The summed E-state index contributed by atoms with van der Waals surface area (Å²) in [7, 11) is 1.62. The van der Waals surface area contributed by atoms with Crippen molar-refractivity contribution in [1.29, 1.82) is 0 Å². The molecule has 4 nitrogen and oxygen atoms in total. The number of carbonyl (C=O) groups is 2. The van der Waals surface area contributed by atoms with E-state index in [9.17, 15) is 9.59 Å². The minimum Gasteiger partial charge on any atom is -0.497 e. The molecule has 2 aliphatic rings. The van der Waals surface area contributed by atoms with Gasteiger partial charge in [-0.3, -0.25) is 14.5 Å². The summed E-state index contributed by atoms with van der Waals surface area (Å²) in [5, 5.41) is 2.01. The van der Waals surface area contributed by atoms with Gasteiger partial charge in [0.15, 0.2) is 5.78 Å². The SMILES string of the molecule is COc1ccc(N2C(=O)CC(c3cccs3)C3=C2CC(C)(C)CC3=O)cc1. The Hall–Kier alpha value is -2.40. The minimum absolute atomic E-state index is 0.0443. The summed E-state index contributed by atoms with van der Waals surface area (Å²) in [6.45, 7) is 4.19. The van der Waals surface area contributed by atoms with Crippen LogP contribution in [0.15, 0.2) is 53.0 Å². The first-order chi connectivity index (χ1) is 12.9. The summed E-state index contributed by atoms with van der Waals surface area (Å²) in [4.78, 5) is 29.2. The molecule has 1 aliphatic carbocycles. The van der Waals surface area contributed by atoms with Crippen LogP contribution in [0.2, 0.25) is 0 Å². The summed E-state index contributed by atoms with van der Waals surface area (Å²) in [6.07, 6.45) is 1.57. The number of allylic oxidation sites excluding steroid dienone is 2. The van der Waals surface area contributed by atoms with Crippen molar-refractivity contribution in [1.82, 2.24) is 0 Å². The fourth-order valence-electron chi connectivity index (χ4n) is 4.18. The van der Waals surface area contributed by atoms with Crippen molar-refractivity contribution >= 4 is 28.7 Å². The van der Waals surface area contributed by atoms with Crippen LogP contribution in [-0.2, 0) is 9.59 Å². The Morgan fingerprint density at radius 2 is 1.85 bits per heavy atom. The molecule has 0 saturated carbocycles. The normalized spacial score (nSPS) is 22.0. The molecule has 4 rings (SSSR count). The van der Waals surface area contributed by atoms with E-state index in [1.807, 2.05) is 41.8 Å². The van der Waals surface area contributed by atoms with Crippen molar-refractivity contribution < 1.29 is 14.3 Å². The first kappa shape index (κ1) is 18.0. The van der Waals surface area contributed by atoms with Crippen LogP contribution >= 0.6 is 11.3 Å². The van der Waals surface area contributed by atoms with Gasteiger partial charge in [-0.2, -0.15) is 0 Å². The smallest absolute Gasteiger partial charge is 0.232 e. The van der Waals surface area contributed by atoms with E-state index in [0.717, 1.165) is 27.6 Å². The number of Topliss-reactive ketones (excluding diaryl/α,β-unsaturated/α-hetero) is 1. The average molecular weight is 381 g/mol. The van der Waals surface area contributed by atoms with Gasteiger partial charge in [-0.05, 0) is 47.5 Å². The van der Waals surface area contributed by atoms with Gasteiger partial charge in [0.05, 0.1) is 7.11 Å². The number of anilines is 1. The summed E-state index contributed by atoms with van der Waals surface area (Å²) in [5.41, 5.74) is 2.34. The number of amides is 1. The van der Waals surface area contributed by atoms with E-state index in [-0.39, 0.29) is 23.0 Å². The van der Waals surface area contributed by atoms with Gasteiger partial charge < -0.3 is 4.74 Å². The second kappa shape index (κ2) is 6.64. The highest BCUT2D eigenvalue weighted by Crippen LogP contribution is 2.48. The summed E-state index contributed by atoms with van der Waals surface area (Å²) >= 11 is 1.62. The zero-order valence-electron chi connectivity index (χ0n) is 15.8. The lowest BCUT2D eigenvalue weighted by Crippen LogP contribution is -2.43. The maximum absolute atomic E-state index is 13.2. The Bertz CT molecular complexity index is 910. The van der Waals surface area contributed by atoms with Crippen LogP contribution in [-0.4, -0.2) is 18.8 Å². The van der Waals surface area contributed by atoms with Crippen molar-refractivity contribution in [2.75, 3.05) is 12.0 Å². The molecule has 0 N–H and O–H groups in total. The van der Waals surface area contributed by atoms with Gasteiger partial charge in [0.1, 0.15) is 5.75 Å². The summed E-state index contributed by atoms with van der Waals surface area (Å²) in [6, 6.07) is 11.5. The van der Waals surface area contributed by atoms with Crippen molar-refractivity contribution in [3.05, 3.63) is 57.9 Å². The quantitative estimate of drug-likeness (QED) is 0.758. The van der Waals surface area contributed by atoms with Crippen molar-refractivity contribution in [2.24, 2.45) is 5.41 Å². The van der Waals surface area contributed by atoms with Crippen LogP contribution in [0.25, 0.3) is 0 Å². The average Bonchev–Trinajstić information content (AvgIpc) is 3.14. The van der Waals surface area contributed by atoms with Gasteiger partial charge in [-0.1, -0.05) is 19.9 Å². The Balaban J connectivity index is 1.86. The van der Waals surface area contributed by atoms with Crippen LogP contribution in [0, 0.1) is 5.41 Å². The molecule has 0 saturated heterocycles. The Morgan fingerprint density at radius 3 is 2.48 bits per heavy atom. The van der Waals surface area contributed by atoms with Gasteiger partial charge in [0, 0.05) is 40.6 Å². The van der Waals surface area contributed by atoms with E-state index >= 15 is 0 Å². The number of thiophene rings is 1. The van der Waals surface area contributed by atoms with Gasteiger partial charge in [0.2, 0.25) is 5.91 Å². The van der Waals surface area contributed by atoms with E-state index in [0.29, 0.717) is 19.3 Å². The largest absolute Gasteiger partial charge is 0.497 e. The molecule has 2 aromatic rings.